The van der Waals surface area contributed by atoms with Gasteiger partial charge in [-0.15, -0.1) is 0 Å². The molecule has 0 amide bonds. The molecule has 3 N–H and O–H groups in total. The minimum Gasteiger partial charge on any atom is -0.497 e. The minimum absolute atomic E-state index is 0.178. The Morgan fingerprint density at radius 2 is 1.77 bits per heavy atom. The van der Waals surface area contributed by atoms with Gasteiger partial charge in [0.15, 0.2) is 0 Å². The average Bonchev–Trinajstić information content (AvgIpc) is 2.86. The van der Waals surface area contributed by atoms with E-state index < -0.39 is 0 Å². The SMILES string of the molecule is CCOC(=O)C[C@H](c1ccc(C)c(COCc2ccc(OC)cc2)c1)c1ccc(NC)c(N)c1C. The fraction of sp³-hybridized carbons (Fsp3) is 0.345. The van der Waals surface area contributed by atoms with Crippen LogP contribution in [0.5, 0.6) is 5.75 Å². The van der Waals surface area contributed by atoms with Gasteiger partial charge in [-0.3, -0.25) is 4.79 Å². The quantitative estimate of drug-likeness (QED) is 0.271. The number of esters is 1. The van der Waals surface area contributed by atoms with E-state index >= 15 is 0 Å². The third-order valence-electron chi connectivity index (χ3n) is 6.34. The third-order valence-corrected chi connectivity index (χ3v) is 6.34. The number of hydrogen-bond acceptors (Lipinski definition) is 6. The molecule has 0 saturated carbocycles. The predicted molar refractivity (Wildman–Crippen MR) is 141 cm³/mol. The van der Waals surface area contributed by atoms with Gasteiger partial charge in [0.05, 0.1) is 44.7 Å². The lowest BCUT2D eigenvalue weighted by atomic mass is 9.84. The molecular weight excluding hydrogens is 440 g/mol. The first-order valence-electron chi connectivity index (χ1n) is 11.9. The van der Waals surface area contributed by atoms with Crippen molar-refractivity contribution in [1.29, 1.82) is 0 Å². The second kappa shape index (κ2) is 12.3. The molecule has 186 valence electrons. The van der Waals surface area contributed by atoms with Gasteiger partial charge in [0, 0.05) is 13.0 Å². The van der Waals surface area contributed by atoms with E-state index in [1.54, 1.807) is 7.11 Å². The van der Waals surface area contributed by atoms with Crippen molar-refractivity contribution in [2.24, 2.45) is 0 Å². The molecule has 0 bridgehead atoms. The number of carbonyl (C=O) groups excluding carboxylic acids is 1. The molecule has 0 aliphatic rings. The number of carbonyl (C=O) groups is 1. The molecule has 0 heterocycles. The van der Waals surface area contributed by atoms with Gasteiger partial charge in [-0.05, 0) is 72.4 Å². The van der Waals surface area contributed by atoms with Crippen LogP contribution in [0.3, 0.4) is 0 Å². The Morgan fingerprint density at radius 1 is 1.03 bits per heavy atom. The Bertz CT molecular complexity index is 1140. The van der Waals surface area contributed by atoms with Crippen LogP contribution in [0.1, 0.15) is 52.6 Å². The van der Waals surface area contributed by atoms with Crippen LogP contribution in [0.15, 0.2) is 54.6 Å². The number of rotatable bonds is 11. The van der Waals surface area contributed by atoms with E-state index in [1.165, 1.54) is 0 Å². The minimum atomic E-state index is -0.231. The van der Waals surface area contributed by atoms with Crippen LogP contribution < -0.4 is 15.8 Å². The van der Waals surface area contributed by atoms with Crippen molar-refractivity contribution in [1.82, 2.24) is 0 Å². The van der Waals surface area contributed by atoms with Crippen LogP contribution >= 0.6 is 0 Å². The van der Waals surface area contributed by atoms with Gasteiger partial charge in [-0.2, -0.15) is 0 Å². The number of methoxy groups -OCH3 is 1. The van der Waals surface area contributed by atoms with E-state index in [9.17, 15) is 4.79 Å². The van der Waals surface area contributed by atoms with Gasteiger partial charge in [-0.1, -0.05) is 36.4 Å². The second-order valence-electron chi connectivity index (χ2n) is 8.58. The highest BCUT2D eigenvalue weighted by atomic mass is 16.5. The zero-order valence-corrected chi connectivity index (χ0v) is 21.3. The summed E-state index contributed by atoms with van der Waals surface area (Å²) < 4.78 is 16.5. The number of nitrogen functional groups attached to an aromatic ring is 1. The monoisotopic (exact) mass is 476 g/mol. The van der Waals surface area contributed by atoms with Gasteiger partial charge in [-0.25, -0.2) is 0 Å². The summed E-state index contributed by atoms with van der Waals surface area (Å²) in [5.41, 5.74) is 14.3. The van der Waals surface area contributed by atoms with E-state index in [4.69, 9.17) is 19.9 Å². The molecule has 0 unspecified atom stereocenters. The molecule has 35 heavy (non-hydrogen) atoms. The summed E-state index contributed by atoms with van der Waals surface area (Å²) in [6.45, 7) is 7.21. The number of aryl methyl sites for hydroxylation is 1. The Labute approximate surface area is 208 Å². The molecule has 3 rings (SSSR count). The topological polar surface area (TPSA) is 82.8 Å². The highest BCUT2D eigenvalue weighted by Crippen LogP contribution is 2.36. The standard InChI is InChI=1S/C29H36N2O4/c1-6-35-28(32)16-26(25-13-14-27(31-4)29(30)20(25)3)22-10-7-19(2)23(15-22)18-34-17-21-8-11-24(33-5)12-9-21/h7-15,26,31H,6,16-18,30H2,1-5H3/t26-/m1/s1. The molecule has 0 radical (unpaired) electrons. The maximum absolute atomic E-state index is 12.5. The van der Waals surface area contributed by atoms with Crippen LogP contribution in [0.25, 0.3) is 0 Å². The molecule has 1 atom stereocenters. The molecule has 0 fully saturated rings. The number of ether oxygens (including phenoxy) is 3. The first-order valence-corrected chi connectivity index (χ1v) is 11.9. The molecule has 0 saturated heterocycles. The summed E-state index contributed by atoms with van der Waals surface area (Å²) in [7, 11) is 3.50. The van der Waals surface area contributed by atoms with Crippen molar-refractivity contribution in [3.63, 3.8) is 0 Å². The Balaban J connectivity index is 1.87. The highest BCUT2D eigenvalue weighted by Gasteiger charge is 2.23. The molecular formula is C29H36N2O4. The zero-order chi connectivity index (χ0) is 25.4. The van der Waals surface area contributed by atoms with Crippen LogP contribution in [-0.4, -0.2) is 26.7 Å². The molecule has 3 aromatic rings. The van der Waals surface area contributed by atoms with Gasteiger partial charge in [0.25, 0.3) is 0 Å². The molecule has 0 aromatic heterocycles. The number of hydrogen-bond donors (Lipinski definition) is 2. The first-order chi connectivity index (χ1) is 16.9. The normalized spacial score (nSPS) is 11.7. The molecule has 6 nitrogen and oxygen atoms in total. The Hall–Kier alpha value is -3.51. The lowest BCUT2D eigenvalue weighted by molar-refractivity contribution is -0.143. The zero-order valence-electron chi connectivity index (χ0n) is 21.3. The van der Waals surface area contributed by atoms with E-state index in [2.05, 4.69) is 30.4 Å². The van der Waals surface area contributed by atoms with Crippen molar-refractivity contribution in [2.45, 2.75) is 46.3 Å². The lowest BCUT2D eigenvalue weighted by Gasteiger charge is -2.23. The van der Waals surface area contributed by atoms with Gasteiger partial charge >= 0.3 is 5.97 Å². The average molecular weight is 477 g/mol. The number of nitrogens with one attached hydrogen (secondary N) is 1. The molecule has 3 aromatic carbocycles. The fourth-order valence-corrected chi connectivity index (χ4v) is 4.20. The summed E-state index contributed by atoms with van der Waals surface area (Å²) in [5, 5.41) is 3.12. The van der Waals surface area contributed by atoms with Crippen LogP contribution in [0.2, 0.25) is 0 Å². The third kappa shape index (κ3) is 6.55. The molecule has 0 spiro atoms. The van der Waals surface area contributed by atoms with Crippen LogP contribution in [0, 0.1) is 13.8 Å². The summed E-state index contributed by atoms with van der Waals surface area (Å²) >= 11 is 0. The molecule has 6 heteroatoms. The fourth-order valence-electron chi connectivity index (χ4n) is 4.20. The lowest BCUT2D eigenvalue weighted by Crippen LogP contribution is -2.14. The smallest absolute Gasteiger partial charge is 0.306 e. The van der Waals surface area contributed by atoms with Gasteiger partial charge in [0.1, 0.15) is 5.75 Å². The number of anilines is 2. The summed E-state index contributed by atoms with van der Waals surface area (Å²) in [5.74, 6) is 0.415. The Kier molecular flexibility index (Phi) is 9.15. The Morgan fingerprint density at radius 3 is 2.43 bits per heavy atom. The van der Waals surface area contributed by atoms with E-state index in [0.29, 0.717) is 25.5 Å². The molecule has 0 aliphatic carbocycles. The van der Waals surface area contributed by atoms with Gasteiger partial charge in [0.2, 0.25) is 0 Å². The highest BCUT2D eigenvalue weighted by molar-refractivity contribution is 5.75. The summed E-state index contributed by atoms with van der Waals surface area (Å²) in [4.78, 5) is 12.5. The largest absolute Gasteiger partial charge is 0.497 e. The van der Waals surface area contributed by atoms with Gasteiger partial charge < -0.3 is 25.3 Å². The van der Waals surface area contributed by atoms with Crippen molar-refractivity contribution in [2.75, 3.05) is 31.8 Å². The van der Waals surface area contributed by atoms with Crippen molar-refractivity contribution in [3.05, 3.63) is 88.0 Å². The van der Waals surface area contributed by atoms with Crippen molar-refractivity contribution < 1.29 is 19.0 Å². The maximum atomic E-state index is 12.5. The molecule has 0 aliphatic heterocycles. The number of nitrogens with two attached hydrogens (primary N) is 1. The van der Waals surface area contributed by atoms with Crippen LogP contribution in [0.4, 0.5) is 11.4 Å². The summed E-state index contributed by atoms with van der Waals surface area (Å²) in [6.07, 6.45) is 0.238. The first kappa shape index (κ1) is 26.1. The van der Waals surface area contributed by atoms with Crippen molar-refractivity contribution >= 4 is 17.3 Å². The summed E-state index contributed by atoms with van der Waals surface area (Å²) in [6, 6.07) is 18.2. The number of benzene rings is 3. The van der Waals surface area contributed by atoms with E-state index in [-0.39, 0.29) is 18.3 Å². The van der Waals surface area contributed by atoms with E-state index in [1.807, 2.05) is 57.3 Å². The van der Waals surface area contributed by atoms with E-state index in [0.717, 1.165) is 44.8 Å². The second-order valence-corrected chi connectivity index (χ2v) is 8.58. The maximum Gasteiger partial charge on any atom is 0.306 e. The predicted octanol–water partition coefficient (Wildman–Crippen LogP) is 5.74. The van der Waals surface area contributed by atoms with Crippen LogP contribution in [-0.2, 0) is 27.5 Å². The van der Waals surface area contributed by atoms with Crippen molar-refractivity contribution in [3.8, 4) is 5.75 Å².